The number of aromatic amines is 1. The van der Waals surface area contributed by atoms with Crippen LogP contribution >= 0.6 is 11.3 Å². The molecule has 0 unspecified atom stereocenters. The van der Waals surface area contributed by atoms with Gasteiger partial charge in [0.1, 0.15) is 11.6 Å². The Bertz CT molecular complexity index is 786. The molecule has 1 aliphatic carbocycles. The van der Waals surface area contributed by atoms with Crippen LogP contribution in [0.15, 0.2) is 4.79 Å². The molecule has 6 nitrogen and oxygen atoms in total. The van der Waals surface area contributed by atoms with E-state index < -0.39 is 0 Å². The molecule has 2 aromatic rings. The highest BCUT2D eigenvalue weighted by Gasteiger charge is 2.21. The molecule has 2 heterocycles. The lowest BCUT2D eigenvalue weighted by atomic mass is 10.2. The van der Waals surface area contributed by atoms with Crippen LogP contribution in [0, 0.1) is 5.92 Å². The fraction of sp³-hybridized carbons (Fsp3) is 0.650. The van der Waals surface area contributed by atoms with Crippen molar-refractivity contribution in [2.75, 3.05) is 20.0 Å². The van der Waals surface area contributed by atoms with Gasteiger partial charge in [-0.05, 0) is 37.7 Å². The van der Waals surface area contributed by atoms with Crippen molar-refractivity contribution in [2.24, 2.45) is 5.92 Å². The molecule has 3 rings (SSSR count). The van der Waals surface area contributed by atoms with Crippen LogP contribution in [0.3, 0.4) is 0 Å². The number of hydrogen-bond donors (Lipinski definition) is 1. The molecule has 0 radical (unpaired) electrons. The van der Waals surface area contributed by atoms with E-state index >= 15 is 0 Å². The fourth-order valence-corrected chi connectivity index (χ4v) is 3.86. The van der Waals surface area contributed by atoms with Crippen molar-refractivity contribution in [3.63, 3.8) is 0 Å². The van der Waals surface area contributed by atoms with Gasteiger partial charge in [0, 0.05) is 19.8 Å². The third kappa shape index (κ3) is 6.83. The largest absolute Gasteiger partial charge is 0.356 e. The van der Waals surface area contributed by atoms with Crippen molar-refractivity contribution in [3.8, 4) is 0 Å². The summed E-state index contributed by atoms with van der Waals surface area (Å²) in [7, 11) is 0. The summed E-state index contributed by atoms with van der Waals surface area (Å²) in [5.41, 5.74) is 0.971. The minimum atomic E-state index is -0.201. The molecule has 0 bridgehead atoms. The number of fused-ring (bicyclic) bond motifs is 3. The molecule has 0 amide bonds. The average Bonchev–Trinajstić information content (AvgIpc) is 3.21. The van der Waals surface area contributed by atoms with Gasteiger partial charge in [0.15, 0.2) is 11.6 Å². The number of ketones is 1. The number of nitrogens with zero attached hydrogens (tertiary/aromatic N) is 1. The normalized spacial score (nSPS) is 12.3. The molecule has 27 heavy (non-hydrogen) atoms. The van der Waals surface area contributed by atoms with Crippen molar-refractivity contribution in [2.45, 2.75) is 60.8 Å². The summed E-state index contributed by atoms with van der Waals surface area (Å²) in [6, 6.07) is 0. The van der Waals surface area contributed by atoms with Gasteiger partial charge in [0.25, 0.3) is 5.56 Å². The van der Waals surface area contributed by atoms with Gasteiger partial charge >= 0.3 is 0 Å². The van der Waals surface area contributed by atoms with E-state index in [9.17, 15) is 9.59 Å². The molecular formula is C20H34N2O4S. The summed E-state index contributed by atoms with van der Waals surface area (Å²) in [5, 5.41) is 0.697. The summed E-state index contributed by atoms with van der Waals surface area (Å²) in [6.45, 7) is 13.6. The van der Waals surface area contributed by atoms with Gasteiger partial charge in [0.2, 0.25) is 0 Å². The van der Waals surface area contributed by atoms with Gasteiger partial charge in [-0.2, -0.15) is 0 Å². The monoisotopic (exact) mass is 398 g/mol. The molecule has 0 fully saturated rings. The van der Waals surface area contributed by atoms with Crippen molar-refractivity contribution in [3.05, 3.63) is 26.6 Å². The maximum atomic E-state index is 11.9. The zero-order valence-electron chi connectivity index (χ0n) is 17.3. The number of Topliss-reactive ketones (excluding diaryl/α,β-unsaturated/α-hetero) is 1. The zero-order valence-corrected chi connectivity index (χ0v) is 18.1. The van der Waals surface area contributed by atoms with E-state index in [4.69, 9.17) is 9.47 Å². The molecule has 0 saturated heterocycles. The van der Waals surface area contributed by atoms with Crippen molar-refractivity contribution in [1.29, 1.82) is 0 Å². The van der Waals surface area contributed by atoms with Crippen LogP contribution in [-0.2, 0) is 22.3 Å². The molecule has 7 heteroatoms. The summed E-state index contributed by atoms with van der Waals surface area (Å²) in [4.78, 5) is 31.8. The van der Waals surface area contributed by atoms with Gasteiger partial charge in [0.05, 0.1) is 12.0 Å². The van der Waals surface area contributed by atoms with E-state index in [1.54, 1.807) is 11.3 Å². The first-order valence-corrected chi connectivity index (χ1v) is 10.5. The smallest absolute Gasteiger partial charge is 0.260 e. The third-order valence-corrected chi connectivity index (χ3v) is 4.92. The first kappa shape index (κ1) is 23.5. The molecule has 1 aliphatic rings. The Morgan fingerprint density at radius 1 is 1.30 bits per heavy atom. The second-order valence-electron chi connectivity index (χ2n) is 6.38. The molecular weight excluding hydrogens is 364 g/mol. The minimum absolute atomic E-state index is 0. The highest BCUT2D eigenvalue weighted by atomic mass is 32.1. The SMILES string of the molecule is CC.CC(=O)c1nc2sc3c(c2c(=O)[nH]1)CCC3.CCOCOCC(C)C.[HH]. The van der Waals surface area contributed by atoms with Crippen molar-refractivity contribution in [1.82, 2.24) is 9.97 Å². The maximum Gasteiger partial charge on any atom is 0.260 e. The van der Waals surface area contributed by atoms with Gasteiger partial charge in [-0.15, -0.1) is 11.3 Å². The Labute approximate surface area is 166 Å². The molecule has 154 valence electrons. The van der Waals surface area contributed by atoms with Gasteiger partial charge in [-0.3, -0.25) is 9.59 Å². The van der Waals surface area contributed by atoms with Crippen molar-refractivity contribution < 1.29 is 15.7 Å². The van der Waals surface area contributed by atoms with Crippen LogP contribution < -0.4 is 5.56 Å². The molecule has 0 aromatic carbocycles. The lowest BCUT2D eigenvalue weighted by Crippen LogP contribution is -2.14. The average molecular weight is 399 g/mol. The number of aryl methyl sites for hydroxylation is 2. The molecule has 0 atom stereocenters. The molecule has 0 spiro atoms. The second kappa shape index (κ2) is 12.0. The first-order valence-electron chi connectivity index (χ1n) is 9.65. The number of carbonyl (C=O) groups excluding carboxylic acids is 1. The predicted molar refractivity (Wildman–Crippen MR) is 113 cm³/mol. The Kier molecular flexibility index (Phi) is 10.4. The van der Waals surface area contributed by atoms with Crippen LogP contribution in [0.5, 0.6) is 0 Å². The number of aromatic nitrogens is 2. The van der Waals surface area contributed by atoms with Crippen LogP contribution in [0.4, 0.5) is 0 Å². The minimum Gasteiger partial charge on any atom is -0.356 e. The Morgan fingerprint density at radius 3 is 2.59 bits per heavy atom. The van der Waals surface area contributed by atoms with E-state index in [0.29, 0.717) is 22.9 Å². The van der Waals surface area contributed by atoms with E-state index in [1.807, 2.05) is 20.8 Å². The topological polar surface area (TPSA) is 81.3 Å². The number of carbonyl (C=O) groups is 1. The molecule has 1 N–H and O–H groups in total. The lowest BCUT2D eigenvalue weighted by molar-refractivity contribution is -0.0572. The quantitative estimate of drug-likeness (QED) is 0.437. The maximum absolute atomic E-state index is 11.9. The zero-order chi connectivity index (χ0) is 20.4. The molecule has 2 aromatic heterocycles. The molecule has 0 aliphatic heterocycles. The Hall–Kier alpha value is -1.57. The number of hydrogen-bond acceptors (Lipinski definition) is 6. The van der Waals surface area contributed by atoms with Crippen LogP contribution in [0.1, 0.15) is 70.4 Å². The van der Waals surface area contributed by atoms with Gasteiger partial charge in [-0.1, -0.05) is 27.7 Å². The van der Waals surface area contributed by atoms with Crippen LogP contribution in [-0.4, -0.2) is 35.8 Å². The highest BCUT2D eigenvalue weighted by molar-refractivity contribution is 7.18. The van der Waals surface area contributed by atoms with Gasteiger partial charge in [-0.25, -0.2) is 4.98 Å². The number of rotatable bonds is 6. The van der Waals surface area contributed by atoms with Crippen LogP contribution in [0.2, 0.25) is 0 Å². The summed E-state index contributed by atoms with van der Waals surface area (Å²) in [5.74, 6) is 0.565. The number of H-pyrrole nitrogens is 1. The Balaban J connectivity index is 0.000000529. The van der Waals surface area contributed by atoms with E-state index in [1.165, 1.54) is 11.8 Å². The predicted octanol–water partition coefficient (Wildman–Crippen LogP) is 4.60. The molecule has 0 saturated carbocycles. The van der Waals surface area contributed by atoms with Gasteiger partial charge < -0.3 is 14.5 Å². The summed E-state index contributed by atoms with van der Waals surface area (Å²) >= 11 is 1.55. The number of nitrogens with one attached hydrogen (secondary N) is 1. The Morgan fingerprint density at radius 2 is 2.00 bits per heavy atom. The highest BCUT2D eigenvalue weighted by Crippen LogP contribution is 2.34. The van der Waals surface area contributed by atoms with E-state index in [-0.39, 0.29) is 18.6 Å². The standard InChI is InChI=1S/C11H10N2O2S.C7H16O2.C2H6.H2/c1-5(14)9-12-10(15)8-6-3-2-4-7(6)16-11(8)13-9;1-4-8-6-9-5-7(2)3;1-2;/h2-4H2,1H3,(H,12,13,15);7H,4-6H2,1-3H3;1-2H3;1H. The van der Waals surface area contributed by atoms with Crippen LogP contribution in [0.25, 0.3) is 10.2 Å². The summed E-state index contributed by atoms with van der Waals surface area (Å²) < 4.78 is 10.1. The lowest BCUT2D eigenvalue weighted by Gasteiger charge is -2.05. The third-order valence-electron chi connectivity index (χ3n) is 3.73. The number of thiophene rings is 1. The fourth-order valence-electron chi connectivity index (χ4n) is 2.60. The number of ether oxygens (including phenoxy) is 2. The summed E-state index contributed by atoms with van der Waals surface area (Å²) in [6.07, 6.45) is 3.11. The van der Waals surface area contributed by atoms with E-state index in [0.717, 1.165) is 38.0 Å². The second-order valence-corrected chi connectivity index (χ2v) is 7.47. The van der Waals surface area contributed by atoms with Crippen molar-refractivity contribution >= 4 is 27.3 Å². The van der Waals surface area contributed by atoms with E-state index in [2.05, 4.69) is 23.8 Å². The first-order chi connectivity index (χ1) is 12.9.